The van der Waals surface area contributed by atoms with Crippen LogP contribution in [-0.4, -0.2) is 47.0 Å². The van der Waals surface area contributed by atoms with Crippen molar-refractivity contribution >= 4 is 23.6 Å². The highest BCUT2D eigenvalue weighted by Gasteiger charge is 2.53. The Kier molecular flexibility index (Phi) is 2.97. The number of rotatable bonds is 1. The number of hydrogen-bond acceptors (Lipinski definition) is 5. The van der Waals surface area contributed by atoms with Crippen molar-refractivity contribution in [3.63, 3.8) is 0 Å². The van der Waals surface area contributed by atoms with Crippen LogP contribution in [0, 0.1) is 6.92 Å². The molecule has 3 aliphatic heterocycles. The molecule has 1 N–H and O–H groups in total. The highest BCUT2D eigenvalue weighted by molar-refractivity contribution is 6.10. The van der Waals surface area contributed by atoms with Crippen LogP contribution in [0.2, 0.25) is 0 Å². The molecular formula is C17H19N5O2. The summed E-state index contributed by atoms with van der Waals surface area (Å²) < 4.78 is 0. The van der Waals surface area contributed by atoms with Gasteiger partial charge in [0.15, 0.2) is 12.2 Å². The van der Waals surface area contributed by atoms with Gasteiger partial charge in [-0.25, -0.2) is 9.79 Å². The van der Waals surface area contributed by atoms with Crippen LogP contribution in [-0.2, 0) is 4.79 Å². The molecule has 0 radical (unpaired) electrons. The summed E-state index contributed by atoms with van der Waals surface area (Å²) in [7, 11) is 1.66. The van der Waals surface area contributed by atoms with E-state index in [1.54, 1.807) is 7.05 Å². The van der Waals surface area contributed by atoms with Crippen LogP contribution >= 0.6 is 0 Å². The van der Waals surface area contributed by atoms with Crippen LogP contribution in [0.5, 0.6) is 0 Å². The predicted octanol–water partition coefficient (Wildman–Crippen LogP) is 1.61. The number of anilines is 1. The standard InChI is InChI=1S/C17H19N5O2/c1-9-6-5-7-12(8-9)21-10(2)11(3)22-13-14(18-16(21)22)20(4)17(24)19-15(13)23/h5-8,13-14H,1-4H3,(H,19,23,24). The van der Waals surface area contributed by atoms with Crippen molar-refractivity contribution in [1.29, 1.82) is 0 Å². The summed E-state index contributed by atoms with van der Waals surface area (Å²) in [5, 5.41) is 2.40. The molecule has 0 spiro atoms. The number of amides is 3. The molecule has 2 atom stereocenters. The van der Waals surface area contributed by atoms with Crippen LogP contribution < -0.4 is 10.2 Å². The van der Waals surface area contributed by atoms with Gasteiger partial charge in [0.05, 0.1) is 0 Å². The van der Waals surface area contributed by atoms with Gasteiger partial charge in [-0.1, -0.05) is 12.1 Å². The second-order valence-corrected chi connectivity index (χ2v) is 6.41. The number of urea groups is 1. The van der Waals surface area contributed by atoms with E-state index in [1.165, 1.54) is 4.90 Å². The first kappa shape index (κ1) is 14.7. The Hall–Kier alpha value is -2.83. The first-order valence-corrected chi connectivity index (χ1v) is 7.89. The third-order valence-corrected chi connectivity index (χ3v) is 4.92. The summed E-state index contributed by atoms with van der Waals surface area (Å²) in [4.78, 5) is 34.5. The number of allylic oxidation sites excluding steroid dienone is 2. The number of guanidine groups is 1. The molecule has 2 unspecified atom stereocenters. The van der Waals surface area contributed by atoms with Crippen molar-refractivity contribution in [3.8, 4) is 0 Å². The Morgan fingerprint density at radius 2 is 1.88 bits per heavy atom. The Morgan fingerprint density at radius 1 is 1.12 bits per heavy atom. The normalized spacial score (nSPS) is 25.8. The highest BCUT2D eigenvalue weighted by atomic mass is 16.2. The molecule has 3 amide bonds. The molecule has 3 aliphatic rings. The second-order valence-electron chi connectivity index (χ2n) is 6.41. The van der Waals surface area contributed by atoms with Gasteiger partial charge >= 0.3 is 6.03 Å². The van der Waals surface area contributed by atoms with Crippen LogP contribution in [0.4, 0.5) is 10.5 Å². The number of carbonyl (C=O) groups is 2. The van der Waals surface area contributed by atoms with Gasteiger partial charge in [-0.15, -0.1) is 0 Å². The van der Waals surface area contributed by atoms with Gasteiger partial charge in [-0.2, -0.15) is 0 Å². The largest absolute Gasteiger partial charge is 0.325 e. The molecule has 3 heterocycles. The summed E-state index contributed by atoms with van der Waals surface area (Å²) in [5.41, 5.74) is 4.16. The molecule has 4 rings (SSSR count). The minimum atomic E-state index is -0.521. The minimum absolute atomic E-state index is 0.305. The van der Waals surface area contributed by atoms with Crippen molar-refractivity contribution in [2.75, 3.05) is 11.9 Å². The van der Waals surface area contributed by atoms with Crippen molar-refractivity contribution in [2.45, 2.75) is 33.0 Å². The fourth-order valence-corrected chi connectivity index (χ4v) is 3.53. The maximum absolute atomic E-state index is 12.4. The third kappa shape index (κ3) is 1.81. The lowest BCUT2D eigenvalue weighted by Crippen LogP contribution is -2.63. The zero-order valence-electron chi connectivity index (χ0n) is 14.1. The number of fused-ring (bicyclic) bond motifs is 3. The zero-order valence-corrected chi connectivity index (χ0v) is 14.1. The average Bonchev–Trinajstić information content (AvgIpc) is 3.02. The highest BCUT2D eigenvalue weighted by Crippen LogP contribution is 2.38. The number of aryl methyl sites for hydroxylation is 1. The van der Waals surface area contributed by atoms with Crippen LogP contribution in [0.15, 0.2) is 40.7 Å². The molecule has 0 bridgehead atoms. The fourth-order valence-electron chi connectivity index (χ4n) is 3.53. The summed E-state index contributed by atoms with van der Waals surface area (Å²) >= 11 is 0. The summed E-state index contributed by atoms with van der Waals surface area (Å²) in [5.74, 6) is 0.391. The SMILES string of the molecule is CC1=C(C)N2C(=NC3C2C(=O)NC(=O)N3C)N1c1cccc(C)c1. The summed E-state index contributed by atoms with van der Waals surface area (Å²) in [6.07, 6.45) is -0.503. The number of nitrogens with zero attached hydrogens (tertiary/aromatic N) is 4. The first-order chi connectivity index (χ1) is 11.4. The predicted molar refractivity (Wildman–Crippen MR) is 90.2 cm³/mol. The molecular weight excluding hydrogens is 306 g/mol. The van der Waals surface area contributed by atoms with Crippen LogP contribution in [0.25, 0.3) is 0 Å². The number of aliphatic imine (C=N–C) groups is 1. The molecule has 24 heavy (non-hydrogen) atoms. The van der Waals surface area contributed by atoms with Crippen molar-refractivity contribution < 1.29 is 9.59 Å². The first-order valence-electron chi connectivity index (χ1n) is 7.89. The fraction of sp³-hybridized carbons (Fsp3) is 0.353. The van der Waals surface area contributed by atoms with E-state index in [2.05, 4.69) is 11.4 Å². The maximum Gasteiger partial charge on any atom is 0.325 e. The molecule has 0 aliphatic carbocycles. The number of hydrogen-bond donors (Lipinski definition) is 1. The van der Waals surface area contributed by atoms with Crippen LogP contribution in [0.1, 0.15) is 19.4 Å². The molecule has 1 aromatic carbocycles. The Morgan fingerprint density at radius 3 is 2.58 bits per heavy atom. The average molecular weight is 325 g/mol. The van der Waals surface area contributed by atoms with E-state index in [-0.39, 0.29) is 5.91 Å². The number of carbonyl (C=O) groups excluding carboxylic acids is 2. The Labute approximate surface area is 140 Å². The zero-order chi connectivity index (χ0) is 17.2. The van der Waals surface area contributed by atoms with Crippen molar-refractivity contribution in [2.24, 2.45) is 4.99 Å². The van der Waals surface area contributed by atoms with Gasteiger partial charge in [0.1, 0.15) is 0 Å². The van der Waals surface area contributed by atoms with E-state index in [0.717, 1.165) is 22.6 Å². The molecule has 1 aromatic rings. The molecule has 7 heteroatoms. The Balaban J connectivity index is 1.82. The van der Waals surface area contributed by atoms with E-state index < -0.39 is 18.2 Å². The van der Waals surface area contributed by atoms with Crippen molar-refractivity contribution in [1.82, 2.24) is 15.1 Å². The monoisotopic (exact) mass is 325 g/mol. The second kappa shape index (κ2) is 4.83. The molecule has 7 nitrogen and oxygen atoms in total. The van der Waals surface area contributed by atoms with Crippen molar-refractivity contribution in [3.05, 3.63) is 41.2 Å². The van der Waals surface area contributed by atoms with E-state index in [9.17, 15) is 9.59 Å². The number of nitrogens with one attached hydrogen (secondary N) is 1. The lowest BCUT2D eigenvalue weighted by molar-refractivity contribution is -0.126. The van der Waals surface area contributed by atoms with Gasteiger partial charge in [0.2, 0.25) is 5.96 Å². The molecule has 0 saturated carbocycles. The van der Waals surface area contributed by atoms with E-state index in [4.69, 9.17) is 4.99 Å². The molecule has 0 aromatic heterocycles. The quantitative estimate of drug-likeness (QED) is 0.852. The van der Waals surface area contributed by atoms with Crippen LogP contribution in [0.3, 0.4) is 0 Å². The maximum atomic E-state index is 12.4. The third-order valence-electron chi connectivity index (χ3n) is 4.92. The number of likely N-dealkylation sites (N-methyl/N-ethyl adjacent to an activating group) is 1. The van der Waals surface area contributed by atoms with E-state index in [0.29, 0.717) is 5.96 Å². The van der Waals surface area contributed by atoms with E-state index in [1.807, 2.05) is 48.8 Å². The minimum Gasteiger partial charge on any atom is -0.303 e. The summed E-state index contributed by atoms with van der Waals surface area (Å²) in [6.45, 7) is 6.04. The summed E-state index contributed by atoms with van der Waals surface area (Å²) in [6, 6.07) is 7.21. The van der Waals surface area contributed by atoms with Gasteiger partial charge in [-0.3, -0.25) is 19.9 Å². The van der Waals surface area contributed by atoms with Gasteiger partial charge in [0, 0.05) is 24.1 Å². The molecule has 124 valence electrons. The topological polar surface area (TPSA) is 68.2 Å². The smallest absolute Gasteiger partial charge is 0.303 e. The van der Waals surface area contributed by atoms with E-state index >= 15 is 0 Å². The lowest BCUT2D eigenvalue weighted by Gasteiger charge is -2.35. The number of benzene rings is 1. The van der Waals surface area contributed by atoms with Gasteiger partial charge in [-0.05, 0) is 38.5 Å². The number of imide groups is 1. The molecule has 1 saturated heterocycles. The lowest BCUT2D eigenvalue weighted by atomic mass is 10.1. The molecule has 1 fully saturated rings. The Bertz CT molecular complexity index is 828. The van der Waals surface area contributed by atoms with Gasteiger partial charge in [0.25, 0.3) is 5.91 Å². The van der Waals surface area contributed by atoms with Gasteiger partial charge < -0.3 is 4.90 Å².